The van der Waals surface area contributed by atoms with Gasteiger partial charge in [-0.25, -0.2) is 9.59 Å². The molecule has 0 rings (SSSR count). The van der Waals surface area contributed by atoms with E-state index >= 15 is 0 Å². The molecule has 0 aliphatic rings. The number of nitrogens with one attached hydrogen (secondary N) is 2. The predicted molar refractivity (Wildman–Crippen MR) is 125 cm³/mol. The summed E-state index contributed by atoms with van der Waals surface area (Å²) in [6.45, 7) is 20.0. The Hall–Kier alpha value is -1.99. The summed E-state index contributed by atoms with van der Waals surface area (Å²) in [6.07, 6.45) is 0.964. The van der Waals surface area contributed by atoms with E-state index in [9.17, 15) is 14.4 Å². The standard InChI is InChI=1S/C24H46N2O6/c1-11-30-19(27)18(14-17(2)16-26-21(29)32-23(6,7)8)15-24(9,10)12-13-25-20(28)31-22(3,4)5/h17-18H,11-16H2,1-10H3,(H,25,28)(H,26,29)/t17-,18?/m1/s1. The van der Waals surface area contributed by atoms with Gasteiger partial charge in [0.05, 0.1) is 12.5 Å². The first-order valence-corrected chi connectivity index (χ1v) is 11.5. The van der Waals surface area contributed by atoms with E-state index in [-0.39, 0.29) is 23.2 Å². The van der Waals surface area contributed by atoms with Crippen LogP contribution >= 0.6 is 0 Å². The smallest absolute Gasteiger partial charge is 0.407 e. The monoisotopic (exact) mass is 458 g/mol. The summed E-state index contributed by atoms with van der Waals surface area (Å²) in [5, 5.41) is 5.55. The minimum absolute atomic E-state index is 0.0626. The van der Waals surface area contributed by atoms with E-state index in [1.54, 1.807) is 6.92 Å². The highest BCUT2D eigenvalue weighted by Crippen LogP contribution is 2.32. The Kier molecular flexibility index (Phi) is 12.1. The molecule has 8 heteroatoms. The zero-order valence-electron chi connectivity index (χ0n) is 21.8. The summed E-state index contributed by atoms with van der Waals surface area (Å²) in [6, 6.07) is 0. The first-order valence-electron chi connectivity index (χ1n) is 11.5. The van der Waals surface area contributed by atoms with Gasteiger partial charge in [0.1, 0.15) is 11.2 Å². The SMILES string of the molecule is CCOC(=O)C(C[C@@H](C)CNC(=O)OC(C)(C)C)CC(C)(C)CCNC(=O)OC(C)(C)C. The molecule has 8 nitrogen and oxygen atoms in total. The minimum atomic E-state index is -0.557. The number of hydrogen-bond donors (Lipinski definition) is 2. The zero-order valence-corrected chi connectivity index (χ0v) is 21.8. The van der Waals surface area contributed by atoms with Crippen LogP contribution in [0.25, 0.3) is 0 Å². The molecule has 0 fully saturated rings. The number of carbonyl (C=O) groups excluding carboxylic acids is 3. The third-order valence-corrected chi connectivity index (χ3v) is 4.57. The second-order valence-electron chi connectivity index (χ2n) is 11.2. The number of carbonyl (C=O) groups is 3. The van der Waals surface area contributed by atoms with E-state index in [1.807, 2.05) is 48.5 Å². The molecule has 188 valence electrons. The summed E-state index contributed by atoms with van der Waals surface area (Å²) in [5.74, 6) is -0.473. The van der Waals surface area contributed by atoms with Crippen molar-refractivity contribution in [2.45, 2.75) is 99.7 Å². The summed E-state index contributed by atoms with van der Waals surface area (Å²) in [5.41, 5.74) is -1.30. The Balaban J connectivity index is 4.81. The molecule has 0 saturated carbocycles. The third kappa shape index (κ3) is 15.8. The maximum Gasteiger partial charge on any atom is 0.407 e. The lowest BCUT2D eigenvalue weighted by Gasteiger charge is -2.30. The van der Waals surface area contributed by atoms with Gasteiger partial charge in [0.25, 0.3) is 0 Å². The Labute approximate surface area is 194 Å². The lowest BCUT2D eigenvalue weighted by molar-refractivity contribution is -0.149. The molecule has 0 aromatic carbocycles. The second kappa shape index (κ2) is 12.9. The Bertz CT molecular complexity index is 605. The summed E-state index contributed by atoms with van der Waals surface area (Å²) in [7, 11) is 0. The van der Waals surface area contributed by atoms with E-state index in [0.717, 1.165) is 0 Å². The highest BCUT2D eigenvalue weighted by atomic mass is 16.6. The number of esters is 1. The van der Waals surface area contributed by atoms with Crippen molar-refractivity contribution < 1.29 is 28.6 Å². The quantitative estimate of drug-likeness (QED) is 0.332. The summed E-state index contributed by atoms with van der Waals surface area (Å²) >= 11 is 0. The maximum atomic E-state index is 12.6. The van der Waals surface area contributed by atoms with Crippen molar-refractivity contribution >= 4 is 18.2 Å². The molecule has 1 unspecified atom stereocenters. The van der Waals surface area contributed by atoms with Gasteiger partial charge in [0.15, 0.2) is 0 Å². The van der Waals surface area contributed by atoms with Crippen molar-refractivity contribution in [1.82, 2.24) is 10.6 Å². The molecule has 0 radical (unpaired) electrons. The van der Waals surface area contributed by atoms with Crippen molar-refractivity contribution in [2.75, 3.05) is 19.7 Å². The van der Waals surface area contributed by atoms with Gasteiger partial charge in [-0.05, 0) is 79.1 Å². The van der Waals surface area contributed by atoms with Gasteiger partial charge in [0, 0.05) is 13.1 Å². The van der Waals surface area contributed by atoms with Gasteiger partial charge in [-0.2, -0.15) is 0 Å². The average molecular weight is 459 g/mol. The van der Waals surface area contributed by atoms with Gasteiger partial charge in [0.2, 0.25) is 0 Å². The van der Waals surface area contributed by atoms with Crippen LogP contribution in [0.1, 0.15) is 88.5 Å². The number of rotatable bonds is 11. The van der Waals surface area contributed by atoms with Crippen LogP contribution in [0.2, 0.25) is 0 Å². The molecule has 2 atom stereocenters. The second-order valence-corrected chi connectivity index (χ2v) is 11.2. The van der Waals surface area contributed by atoms with E-state index in [0.29, 0.717) is 39.0 Å². The van der Waals surface area contributed by atoms with Crippen LogP contribution in [-0.4, -0.2) is 49.1 Å². The molecule has 0 aliphatic heterocycles. The molecule has 0 aromatic heterocycles. The van der Waals surface area contributed by atoms with Crippen molar-refractivity contribution in [2.24, 2.45) is 17.3 Å². The molecule has 32 heavy (non-hydrogen) atoms. The van der Waals surface area contributed by atoms with Crippen LogP contribution in [0.15, 0.2) is 0 Å². The molecule has 0 aromatic rings. The van der Waals surface area contributed by atoms with Crippen molar-refractivity contribution in [3.63, 3.8) is 0 Å². The highest BCUT2D eigenvalue weighted by molar-refractivity contribution is 5.72. The Morgan fingerprint density at radius 1 is 0.844 bits per heavy atom. The highest BCUT2D eigenvalue weighted by Gasteiger charge is 2.30. The summed E-state index contributed by atoms with van der Waals surface area (Å²) in [4.78, 5) is 36.4. The molecule has 0 aliphatic carbocycles. The zero-order chi connectivity index (χ0) is 25.2. The van der Waals surface area contributed by atoms with Crippen LogP contribution in [0.3, 0.4) is 0 Å². The fourth-order valence-corrected chi connectivity index (χ4v) is 3.25. The first kappa shape index (κ1) is 30.0. The van der Waals surface area contributed by atoms with Gasteiger partial charge in [-0.1, -0.05) is 20.8 Å². The van der Waals surface area contributed by atoms with Crippen LogP contribution in [0.4, 0.5) is 9.59 Å². The minimum Gasteiger partial charge on any atom is -0.466 e. The van der Waals surface area contributed by atoms with Crippen LogP contribution < -0.4 is 10.6 Å². The predicted octanol–water partition coefficient (Wildman–Crippen LogP) is 5.05. The molecular weight excluding hydrogens is 412 g/mol. The molecule has 0 saturated heterocycles. The van der Waals surface area contributed by atoms with E-state index in [4.69, 9.17) is 14.2 Å². The maximum absolute atomic E-state index is 12.6. The molecule has 0 heterocycles. The first-order chi connectivity index (χ1) is 14.4. The van der Waals surface area contributed by atoms with Crippen LogP contribution in [0.5, 0.6) is 0 Å². The number of ether oxygens (including phenoxy) is 3. The normalized spacial score (nSPS) is 14.2. The third-order valence-electron chi connectivity index (χ3n) is 4.57. The molecule has 2 N–H and O–H groups in total. The van der Waals surface area contributed by atoms with E-state index in [2.05, 4.69) is 24.5 Å². The van der Waals surface area contributed by atoms with E-state index < -0.39 is 23.4 Å². The number of hydrogen-bond acceptors (Lipinski definition) is 6. The molecular formula is C24H46N2O6. The van der Waals surface area contributed by atoms with Crippen molar-refractivity contribution in [3.05, 3.63) is 0 Å². The summed E-state index contributed by atoms with van der Waals surface area (Å²) < 4.78 is 15.8. The number of amides is 2. The van der Waals surface area contributed by atoms with Gasteiger partial charge in [-0.15, -0.1) is 0 Å². The van der Waals surface area contributed by atoms with Crippen LogP contribution in [-0.2, 0) is 19.0 Å². The molecule has 2 amide bonds. The fourth-order valence-electron chi connectivity index (χ4n) is 3.25. The molecule has 0 spiro atoms. The molecule has 0 bridgehead atoms. The lowest BCUT2D eigenvalue weighted by atomic mass is 9.77. The van der Waals surface area contributed by atoms with Gasteiger partial charge >= 0.3 is 18.2 Å². The fraction of sp³-hybridized carbons (Fsp3) is 0.875. The van der Waals surface area contributed by atoms with Crippen molar-refractivity contribution in [3.8, 4) is 0 Å². The lowest BCUT2D eigenvalue weighted by Crippen LogP contribution is -2.36. The largest absolute Gasteiger partial charge is 0.466 e. The Morgan fingerprint density at radius 3 is 1.81 bits per heavy atom. The van der Waals surface area contributed by atoms with Gasteiger partial charge < -0.3 is 24.8 Å². The van der Waals surface area contributed by atoms with Crippen molar-refractivity contribution in [1.29, 1.82) is 0 Å². The topological polar surface area (TPSA) is 103 Å². The van der Waals surface area contributed by atoms with Gasteiger partial charge in [-0.3, -0.25) is 4.79 Å². The average Bonchev–Trinajstić information content (AvgIpc) is 2.56. The number of alkyl carbamates (subject to hydrolysis) is 2. The Morgan fingerprint density at radius 2 is 1.34 bits per heavy atom. The van der Waals surface area contributed by atoms with E-state index in [1.165, 1.54) is 0 Å². The van der Waals surface area contributed by atoms with Crippen LogP contribution in [0, 0.1) is 17.3 Å².